The molecule has 0 unspecified atom stereocenters. The Morgan fingerprint density at radius 1 is 0.974 bits per heavy atom. The van der Waals surface area contributed by atoms with Gasteiger partial charge in [0, 0.05) is 17.6 Å². The van der Waals surface area contributed by atoms with Gasteiger partial charge in [0.25, 0.3) is 10.0 Å². The maximum absolute atomic E-state index is 13.9. The number of sulfonamides is 1. The Labute approximate surface area is 238 Å². The van der Waals surface area contributed by atoms with Crippen LogP contribution in [-0.4, -0.2) is 44.3 Å². The third-order valence-corrected chi connectivity index (χ3v) is 8.38. The molecule has 0 aliphatic carbocycles. The summed E-state index contributed by atoms with van der Waals surface area (Å²) in [6.07, 6.45) is 0. The first-order chi connectivity index (χ1) is 18.4. The Morgan fingerprint density at radius 3 is 2.21 bits per heavy atom. The normalized spacial score (nSPS) is 12.2. The van der Waals surface area contributed by atoms with Gasteiger partial charge in [-0.3, -0.25) is 13.9 Å². The number of carbonyl (C=O) groups excluding carboxylic acids is 2. The van der Waals surface area contributed by atoms with Crippen LogP contribution in [0.25, 0.3) is 0 Å². The molecule has 10 heteroatoms. The number of hydrogen-bond donors (Lipinski definition) is 1. The van der Waals surface area contributed by atoms with E-state index in [1.165, 1.54) is 4.90 Å². The highest BCUT2D eigenvalue weighted by atomic mass is 79.9. The number of hydrogen-bond acceptors (Lipinski definition) is 4. The summed E-state index contributed by atoms with van der Waals surface area (Å²) in [7, 11) is -4.25. The van der Waals surface area contributed by atoms with Gasteiger partial charge < -0.3 is 10.2 Å². The van der Waals surface area contributed by atoms with Gasteiger partial charge in [0.2, 0.25) is 11.8 Å². The van der Waals surface area contributed by atoms with Crippen LogP contribution in [0.3, 0.4) is 0 Å². The van der Waals surface area contributed by atoms with Crippen molar-refractivity contribution in [1.29, 1.82) is 0 Å². The minimum atomic E-state index is -4.25. The quantitative estimate of drug-likeness (QED) is 0.317. The Morgan fingerprint density at radius 2 is 1.62 bits per heavy atom. The van der Waals surface area contributed by atoms with Crippen molar-refractivity contribution in [2.75, 3.05) is 17.4 Å². The van der Waals surface area contributed by atoms with Gasteiger partial charge in [0.05, 0.1) is 10.6 Å². The first-order valence-corrected chi connectivity index (χ1v) is 14.8. The van der Waals surface area contributed by atoms with Gasteiger partial charge in [-0.1, -0.05) is 59.6 Å². The number of amides is 2. The number of nitrogens with one attached hydrogen (secondary N) is 1. The molecule has 0 saturated heterocycles. The van der Waals surface area contributed by atoms with Crippen LogP contribution >= 0.6 is 15.9 Å². The van der Waals surface area contributed by atoms with Crippen LogP contribution < -0.4 is 9.62 Å². The molecule has 3 rings (SSSR count). The second-order valence-electron chi connectivity index (χ2n) is 9.77. The molecule has 0 saturated carbocycles. The fraction of sp³-hybridized carbons (Fsp3) is 0.310. The van der Waals surface area contributed by atoms with Crippen molar-refractivity contribution in [2.45, 2.75) is 45.2 Å². The highest BCUT2D eigenvalue weighted by molar-refractivity contribution is 9.10. The molecule has 2 amide bonds. The minimum Gasteiger partial charge on any atom is -0.354 e. The summed E-state index contributed by atoms with van der Waals surface area (Å²) in [6.45, 7) is 7.40. The third-order valence-electron chi connectivity index (χ3n) is 6.10. The van der Waals surface area contributed by atoms with E-state index in [1.54, 1.807) is 31.2 Å². The molecule has 1 N–H and O–H groups in total. The van der Waals surface area contributed by atoms with E-state index < -0.39 is 34.3 Å². The topological polar surface area (TPSA) is 86.8 Å². The molecule has 3 aromatic carbocycles. The van der Waals surface area contributed by atoms with Crippen molar-refractivity contribution in [3.05, 3.63) is 94.2 Å². The molecule has 0 aromatic heterocycles. The van der Waals surface area contributed by atoms with Crippen molar-refractivity contribution in [2.24, 2.45) is 5.92 Å². The Bertz CT molecular complexity index is 1400. The van der Waals surface area contributed by atoms with Crippen LogP contribution in [0, 0.1) is 18.7 Å². The number of aryl methyl sites for hydroxylation is 1. The SMILES string of the molecule is Cc1ccc(N(CC(=O)N(Cc2cccc(Br)c2)[C@@H](C)C(=O)NCC(C)C)S(=O)(=O)c2ccc(F)cc2)cc1. The summed E-state index contributed by atoms with van der Waals surface area (Å²) >= 11 is 3.43. The fourth-order valence-electron chi connectivity index (χ4n) is 3.84. The van der Waals surface area contributed by atoms with E-state index in [1.807, 2.05) is 45.0 Å². The summed E-state index contributed by atoms with van der Waals surface area (Å²) in [5.41, 5.74) is 1.96. The number of carbonyl (C=O) groups is 2. The molecule has 39 heavy (non-hydrogen) atoms. The molecule has 0 spiro atoms. The molecule has 0 radical (unpaired) electrons. The van der Waals surface area contributed by atoms with Crippen molar-refractivity contribution >= 4 is 43.5 Å². The summed E-state index contributed by atoms with van der Waals surface area (Å²) in [6, 6.07) is 17.6. The van der Waals surface area contributed by atoms with Crippen molar-refractivity contribution in [3.63, 3.8) is 0 Å². The van der Waals surface area contributed by atoms with Crippen molar-refractivity contribution in [1.82, 2.24) is 10.2 Å². The Balaban J connectivity index is 2.01. The predicted molar refractivity (Wildman–Crippen MR) is 154 cm³/mol. The molecule has 0 fully saturated rings. The summed E-state index contributed by atoms with van der Waals surface area (Å²) in [5, 5.41) is 2.86. The average Bonchev–Trinajstić information content (AvgIpc) is 2.89. The number of nitrogens with zero attached hydrogens (tertiary/aromatic N) is 2. The number of rotatable bonds is 11. The van der Waals surface area contributed by atoms with E-state index in [0.29, 0.717) is 6.54 Å². The zero-order valence-corrected chi connectivity index (χ0v) is 24.8. The maximum atomic E-state index is 13.9. The molecule has 0 aliphatic rings. The lowest BCUT2D eigenvalue weighted by Gasteiger charge is -2.32. The van der Waals surface area contributed by atoms with Gasteiger partial charge in [0.1, 0.15) is 18.4 Å². The van der Waals surface area contributed by atoms with Gasteiger partial charge in [0.15, 0.2) is 0 Å². The zero-order chi connectivity index (χ0) is 28.7. The zero-order valence-electron chi connectivity index (χ0n) is 22.4. The standard InChI is InChI=1S/C29H33BrFN3O4S/c1-20(2)17-32-29(36)22(4)33(18-23-6-5-7-24(30)16-23)28(35)19-34(26-12-8-21(3)9-13-26)39(37,38)27-14-10-25(31)11-15-27/h5-16,20,22H,17-19H2,1-4H3,(H,32,36)/t22-/m0/s1. The van der Waals surface area contributed by atoms with E-state index in [-0.39, 0.29) is 29.0 Å². The molecule has 0 heterocycles. The van der Waals surface area contributed by atoms with Crippen LogP contribution in [-0.2, 0) is 26.2 Å². The van der Waals surface area contributed by atoms with Gasteiger partial charge in [-0.2, -0.15) is 0 Å². The molecule has 7 nitrogen and oxygen atoms in total. The first kappa shape index (κ1) is 30.3. The summed E-state index contributed by atoms with van der Waals surface area (Å²) in [5.74, 6) is -1.26. The third kappa shape index (κ3) is 8.12. The van der Waals surface area contributed by atoms with Crippen molar-refractivity contribution in [3.8, 4) is 0 Å². The van der Waals surface area contributed by atoms with E-state index >= 15 is 0 Å². The molecular formula is C29H33BrFN3O4S. The maximum Gasteiger partial charge on any atom is 0.264 e. The van der Waals surface area contributed by atoms with Crippen LogP contribution in [0.5, 0.6) is 0 Å². The van der Waals surface area contributed by atoms with Crippen LogP contribution in [0.15, 0.2) is 82.2 Å². The molecule has 0 aliphatic heterocycles. The lowest BCUT2D eigenvalue weighted by atomic mass is 10.1. The summed E-state index contributed by atoms with van der Waals surface area (Å²) < 4.78 is 42.8. The lowest BCUT2D eigenvalue weighted by Crippen LogP contribution is -2.51. The van der Waals surface area contributed by atoms with Gasteiger partial charge >= 0.3 is 0 Å². The highest BCUT2D eigenvalue weighted by Gasteiger charge is 2.32. The summed E-state index contributed by atoms with van der Waals surface area (Å²) in [4.78, 5) is 28.1. The van der Waals surface area contributed by atoms with Crippen LogP contribution in [0.4, 0.5) is 10.1 Å². The molecule has 1 atom stereocenters. The van der Waals surface area contributed by atoms with E-state index in [0.717, 1.165) is 44.2 Å². The van der Waals surface area contributed by atoms with Crippen LogP contribution in [0.2, 0.25) is 0 Å². The van der Waals surface area contributed by atoms with Gasteiger partial charge in [-0.25, -0.2) is 12.8 Å². The molecule has 208 valence electrons. The average molecular weight is 619 g/mol. The predicted octanol–water partition coefficient (Wildman–Crippen LogP) is 5.28. The van der Waals surface area contributed by atoms with Crippen molar-refractivity contribution < 1.29 is 22.4 Å². The van der Waals surface area contributed by atoms with E-state index in [4.69, 9.17) is 0 Å². The molecule has 3 aromatic rings. The second kappa shape index (κ2) is 13.2. The van der Waals surface area contributed by atoms with E-state index in [9.17, 15) is 22.4 Å². The Kier molecular flexibility index (Phi) is 10.3. The van der Waals surface area contributed by atoms with E-state index in [2.05, 4.69) is 21.2 Å². The Hall–Kier alpha value is -3.24. The lowest BCUT2D eigenvalue weighted by molar-refractivity contribution is -0.139. The van der Waals surface area contributed by atoms with Gasteiger partial charge in [-0.05, 0) is 73.9 Å². The highest BCUT2D eigenvalue weighted by Crippen LogP contribution is 2.25. The molecule has 0 bridgehead atoms. The largest absolute Gasteiger partial charge is 0.354 e. The van der Waals surface area contributed by atoms with Crippen LogP contribution in [0.1, 0.15) is 31.9 Å². The monoisotopic (exact) mass is 617 g/mol. The smallest absolute Gasteiger partial charge is 0.264 e. The van der Waals surface area contributed by atoms with Gasteiger partial charge in [-0.15, -0.1) is 0 Å². The first-order valence-electron chi connectivity index (χ1n) is 12.5. The second-order valence-corrected chi connectivity index (χ2v) is 12.5. The number of benzene rings is 3. The fourth-order valence-corrected chi connectivity index (χ4v) is 5.70. The molecular weight excluding hydrogens is 585 g/mol. The number of halogens is 2. The minimum absolute atomic E-state index is 0.0902. The number of anilines is 1.